The van der Waals surface area contributed by atoms with Crippen molar-refractivity contribution in [3.8, 4) is 6.07 Å². The van der Waals surface area contributed by atoms with E-state index < -0.39 is 0 Å². The van der Waals surface area contributed by atoms with Crippen molar-refractivity contribution in [3.63, 3.8) is 0 Å². The Kier molecular flexibility index (Phi) is 2.92. The minimum absolute atomic E-state index is 0.0837. The first kappa shape index (κ1) is 10.0. The molecule has 1 heterocycles. The Morgan fingerprint density at radius 3 is 2.77 bits per heavy atom. The zero-order valence-corrected chi connectivity index (χ0v) is 8.34. The van der Waals surface area contributed by atoms with Crippen LogP contribution in [0, 0.1) is 16.7 Å². The number of rotatable bonds is 2. The summed E-state index contributed by atoms with van der Waals surface area (Å²) < 4.78 is 0. The van der Waals surface area contributed by atoms with E-state index in [2.05, 4.69) is 13.0 Å². The Morgan fingerprint density at radius 2 is 2.38 bits per heavy atom. The number of amides is 1. The van der Waals surface area contributed by atoms with E-state index in [1.54, 1.807) is 6.92 Å². The fourth-order valence-corrected chi connectivity index (χ4v) is 1.93. The van der Waals surface area contributed by atoms with Gasteiger partial charge in [-0.2, -0.15) is 5.26 Å². The fraction of sp³-hybridized carbons (Fsp3) is 0.800. The molecule has 3 nitrogen and oxygen atoms in total. The molecule has 72 valence electrons. The smallest absolute Gasteiger partial charge is 0.219 e. The van der Waals surface area contributed by atoms with Crippen LogP contribution in [0.3, 0.4) is 0 Å². The van der Waals surface area contributed by atoms with Gasteiger partial charge in [-0.25, -0.2) is 0 Å². The van der Waals surface area contributed by atoms with Gasteiger partial charge in [-0.15, -0.1) is 0 Å². The van der Waals surface area contributed by atoms with Gasteiger partial charge in [0.15, 0.2) is 0 Å². The highest BCUT2D eigenvalue weighted by molar-refractivity contribution is 5.73. The minimum Gasteiger partial charge on any atom is -0.342 e. The van der Waals surface area contributed by atoms with Crippen LogP contribution in [0.5, 0.6) is 0 Å². The predicted octanol–water partition coefficient (Wildman–Crippen LogP) is 1.55. The molecule has 1 atom stereocenters. The molecular formula is C10H16N2O. The Balaban J connectivity index is 2.63. The van der Waals surface area contributed by atoms with Crippen LogP contribution in [0.25, 0.3) is 0 Å². The van der Waals surface area contributed by atoms with Crippen LogP contribution in [0.15, 0.2) is 0 Å². The molecular weight excluding hydrogens is 164 g/mol. The van der Waals surface area contributed by atoms with Gasteiger partial charge in [0.25, 0.3) is 0 Å². The Morgan fingerprint density at radius 1 is 1.69 bits per heavy atom. The summed E-state index contributed by atoms with van der Waals surface area (Å²) in [5.41, 5.74) is 0.0837. The van der Waals surface area contributed by atoms with E-state index in [1.807, 2.05) is 4.90 Å². The largest absolute Gasteiger partial charge is 0.342 e. The molecule has 1 amide bonds. The highest BCUT2D eigenvalue weighted by Gasteiger charge is 2.37. The zero-order valence-electron chi connectivity index (χ0n) is 8.34. The first-order valence-corrected chi connectivity index (χ1v) is 4.76. The lowest BCUT2D eigenvalue weighted by Crippen LogP contribution is -2.29. The van der Waals surface area contributed by atoms with Crippen LogP contribution >= 0.6 is 0 Å². The van der Waals surface area contributed by atoms with Crippen molar-refractivity contribution in [2.45, 2.75) is 33.1 Å². The highest BCUT2D eigenvalue weighted by atomic mass is 16.2. The minimum atomic E-state index is 0.0837. The van der Waals surface area contributed by atoms with E-state index in [0.717, 1.165) is 25.9 Å². The number of carbonyl (C=O) groups excluding carboxylic acids is 1. The number of hydrogen-bond acceptors (Lipinski definition) is 2. The van der Waals surface area contributed by atoms with Crippen LogP contribution in [-0.2, 0) is 4.79 Å². The topological polar surface area (TPSA) is 44.1 Å². The number of nitrogens with zero attached hydrogens (tertiary/aromatic N) is 2. The predicted molar refractivity (Wildman–Crippen MR) is 49.8 cm³/mol. The van der Waals surface area contributed by atoms with Gasteiger partial charge in [0.1, 0.15) is 0 Å². The molecule has 1 fully saturated rings. The summed E-state index contributed by atoms with van der Waals surface area (Å²) in [5, 5.41) is 8.69. The summed E-state index contributed by atoms with van der Waals surface area (Å²) in [6.45, 7) is 5.29. The molecule has 0 saturated carbocycles. The Hall–Kier alpha value is -1.04. The van der Waals surface area contributed by atoms with E-state index in [9.17, 15) is 4.79 Å². The van der Waals surface area contributed by atoms with E-state index in [-0.39, 0.29) is 11.3 Å². The summed E-state index contributed by atoms with van der Waals surface area (Å²) >= 11 is 0. The zero-order chi connectivity index (χ0) is 9.90. The van der Waals surface area contributed by atoms with Crippen molar-refractivity contribution in [3.05, 3.63) is 0 Å². The maximum absolute atomic E-state index is 11.1. The molecule has 0 aliphatic carbocycles. The van der Waals surface area contributed by atoms with Crippen molar-refractivity contribution >= 4 is 5.91 Å². The summed E-state index contributed by atoms with van der Waals surface area (Å²) in [6, 6.07) is 2.22. The van der Waals surface area contributed by atoms with Crippen molar-refractivity contribution < 1.29 is 4.79 Å². The molecule has 0 spiro atoms. The van der Waals surface area contributed by atoms with Crippen LogP contribution in [0.4, 0.5) is 0 Å². The second kappa shape index (κ2) is 3.78. The molecule has 1 aliphatic heterocycles. The molecule has 0 aromatic heterocycles. The van der Waals surface area contributed by atoms with Crippen molar-refractivity contribution in [2.75, 3.05) is 13.1 Å². The average Bonchev–Trinajstić information content (AvgIpc) is 2.51. The maximum atomic E-state index is 11.1. The highest BCUT2D eigenvalue weighted by Crippen LogP contribution is 2.36. The summed E-state index contributed by atoms with van der Waals surface area (Å²) in [7, 11) is 0. The molecule has 13 heavy (non-hydrogen) atoms. The first-order chi connectivity index (χ1) is 6.13. The van der Waals surface area contributed by atoms with E-state index in [4.69, 9.17) is 5.26 Å². The molecule has 0 radical (unpaired) electrons. The van der Waals surface area contributed by atoms with Gasteiger partial charge in [0, 0.05) is 31.8 Å². The van der Waals surface area contributed by atoms with Crippen molar-refractivity contribution in [2.24, 2.45) is 5.41 Å². The van der Waals surface area contributed by atoms with Gasteiger partial charge < -0.3 is 4.90 Å². The molecule has 0 aromatic rings. The van der Waals surface area contributed by atoms with E-state index in [0.29, 0.717) is 6.42 Å². The molecule has 1 aliphatic rings. The lowest BCUT2D eigenvalue weighted by molar-refractivity contribution is -0.128. The summed E-state index contributed by atoms with van der Waals surface area (Å²) in [4.78, 5) is 12.9. The van der Waals surface area contributed by atoms with E-state index in [1.165, 1.54) is 0 Å². The van der Waals surface area contributed by atoms with Gasteiger partial charge in [-0.05, 0) is 12.8 Å². The number of likely N-dealkylation sites (tertiary alicyclic amines) is 1. The quantitative estimate of drug-likeness (QED) is 0.647. The van der Waals surface area contributed by atoms with Crippen molar-refractivity contribution in [1.29, 1.82) is 5.26 Å². The SMILES string of the molecule is CCC1(CC#N)CCN(C(C)=O)C1. The lowest BCUT2D eigenvalue weighted by atomic mass is 9.81. The Labute approximate surface area is 79.3 Å². The van der Waals surface area contributed by atoms with Crippen LogP contribution in [0.1, 0.15) is 33.1 Å². The van der Waals surface area contributed by atoms with Gasteiger partial charge >= 0.3 is 0 Å². The standard InChI is InChI=1S/C10H16N2O/c1-3-10(4-6-11)5-7-12(8-10)9(2)13/h3-5,7-8H2,1-2H3. The number of nitriles is 1. The fourth-order valence-electron chi connectivity index (χ4n) is 1.93. The lowest BCUT2D eigenvalue weighted by Gasteiger charge is -2.24. The van der Waals surface area contributed by atoms with Crippen molar-refractivity contribution in [1.82, 2.24) is 4.90 Å². The maximum Gasteiger partial charge on any atom is 0.219 e. The third-order valence-electron chi connectivity index (χ3n) is 3.09. The van der Waals surface area contributed by atoms with Gasteiger partial charge in [-0.1, -0.05) is 6.92 Å². The van der Waals surface area contributed by atoms with Crippen LogP contribution < -0.4 is 0 Å². The molecule has 0 bridgehead atoms. The second-order valence-electron chi connectivity index (χ2n) is 3.88. The van der Waals surface area contributed by atoms with Gasteiger partial charge in [-0.3, -0.25) is 4.79 Å². The molecule has 1 rings (SSSR count). The summed E-state index contributed by atoms with van der Waals surface area (Å²) in [5.74, 6) is 0.133. The van der Waals surface area contributed by atoms with Crippen LogP contribution in [-0.4, -0.2) is 23.9 Å². The Bertz CT molecular complexity index is 244. The first-order valence-electron chi connectivity index (χ1n) is 4.76. The molecule has 1 unspecified atom stereocenters. The molecule has 0 aromatic carbocycles. The van der Waals surface area contributed by atoms with Crippen LogP contribution in [0.2, 0.25) is 0 Å². The second-order valence-corrected chi connectivity index (χ2v) is 3.88. The normalized spacial score (nSPS) is 27.3. The monoisotopic (exact) mass is 180 g/mol. The molecule has 1 saturated heterocycles. The third kappa shape index (κ3) is 2.00. The average molecular weight is 180 g/mol. The number of hydrogen-bond donors (Lipinski definition) is 0. The molecule has 3 heteroatoms. The third-order valence-corrected chi connectivity index (χ3v) is 3.09. The number of carbonyl (C=O) groups is 1. The molecule has 0 N–H and O–H groups in total. The van der Waals surface area contributed by atoms with Gasteiger partial charge in [0.05, 0.1) is 6.07 Å². The van der Waals surface area contributed by atoms with Gasteiger partial charge in [0.2, 0.25) is 5.91 Å². The van der Waals surface area contributed by atoms with E-state index >= 15 is 0 Å². The summed E-state index contributed by atoms with van der Waals surface area (Å²) in [6.07, 6.45) is 2.55.